The van der Waals surface area contributed by atoms with Crippen molar-refractivity contribution in [1.29, 1.82) is 0 Å². The summed E-state index contributed by atoms with van der Waals surface area (Å²) in [6.07, 6.45) is 2.46. The Bertz CT molecular complexity index is 1280. The first-order chi connectivity index (χ1) is 19.5. The number of hydrogen-bond donors (Lipinski definition) is 4. The van der Waals surface area contributed by atoms with Gasteiger partial charge in [0.15, 0.2) is 0 Å². The van der Waals surface area contributed by atoms with E-state index in [1.165, 1.54) is 13.3 Å². The van der Waals surface area contributed by atoms with Crippen molar-refractivity contribution in [3.8, 4) is 0 Å². The van der Waals surface area contributed by atoms with Gasteiger partial charge in [-0.2, -0.15) is 0 Å². The number of hydrogen-bond acceptors (Lipinski definition) is 7. The van der Waals surface area contributed by atoms with Gasteiger partial charge in [0.25, 0.3) is 0 Å². The highest BCUT2D eigenvalue weighted by atomic mass is 16.6. The molecule has 2 atom stereocenters. The number of aromatic amines is 1. The van der Waals surface area contributed by atoms with Crippen LogP contribution in [0.2, 0.25) is 0 Å². The maximum atomic E-state index is 13.5. The molecule has 3 aromatic rings. The summed E-state index contributed by atoms with van der Waals surface area (Å²) in [6.45, 7) is 5.10. The lowest BCUT2D eigenvalue weighted by Crippen LogP contribution is -2.58. The highest BCUT2D eigenvalue weighted by Gasteiger charge is 2.30. The zero-order valence-electron chi connectivity index (χ0n) is 23.5. The molecule has 0 aliphatic heterocycles. The van der Waals surface area contributed by atoms with E-state index in [0.29, 0.717) is 5.82 Å². The number of ether oxygens (including phenoxy) is 2. The van der Waals surface area contributed by atoms with Gasteiger partial charge in [-0.1, -0.05) is 60.7 Å². The second-order valence-electron chi connectivity index (χ2n) is 10.2. The first kappa shape index (κ1) is 30.7. The van der Waals surface area contributed by atoms with Gasteiger partial charge in [0.05, 0.1) is 13.7 Å². The Morgan fingerprint density at radius 2 is 1.54 bits per heavy atom. The van der Waals surface area contributed by atoms with E-state index in [9.17, 15) is 19.2 Å². The van der Waals surface area contributed by atoms with Crippen LogP contribution in [0.15, 0.2) is 73.1 Å². The van der Waals surface area contributed by atoms with Gasteiger partial charge < -0.3 is 25.1 Å². The molecule has 3 rings (SSSR count). The minimum atomic E-state index is -1.12. The first-order valence-electron chi connectivity index (χ1n) is 13.1. The van der Waals surface area contributed by atoms with E-state index in [0.717, 1.165) is 16.1 Å². The molecule has 4 N–H and O–H groups in total. The van der Waals surface area contributed by atoms with Crippen molar-refractivity contribution in [3.63, 3.8) is 0 Å². The van der Waals surface area contributed by atoms with E-state index in [2.05, 4.69) is 26.0 Å². The van der Waals surface area contributed by atoms with Crippen LogP contribution in [-0.4, -0.2) is 63.8 Å². The fraction of sp³-hybridized carbons (Fsp3) is 0.345. The monoisotopic (exact) mass is 564 g/mol. The van der Waals surface area contributed by atoms with Gasteiger partial charge in [-0.3, -0.25) is 4.79 Å². The van der Waals surface area contributed by atoms with Gasteiger partial charge in [0.2, 0.25) is 5.91 Å². The lowest BCUT2D eigenvalue weighted by atomic mass is 10.0. The predicted octanol–water partition coefficient (Wildman–Crippen LogP) is 2.87. The molecule has 0 saturated heterocycles. The van der Waals surface area contributed by atoms with E-state index in [1.807, 2.05) is 36.4 Å². The Balaban J connectivity index is 1.84. The van der Waals surface area contributed by atoms with E-state index < -0.39 is 41.7 Å². The van der Waals surface area contributed by atoms with Crippen LogP contribution in [0, 0.1) is 0 Å². The second-order valence-corrected chi connectivity index (χ2v) is 10.2. The molecule has 0 aliphatic carbocycles. The number of carbonyl (C=O) groups is 4. The number of esters is 1. The van der Waals surface area contributed by atoms with Crippen LogP contribution in [-0.2, 0) is 38.4 Å². The number of rotatable bonds is 10. The summed E-state index contributed by atoms with van der Waals surface area (Å²) < 4.78 is 10.2. The summed E-state index contributed by atoms with van der Waals surface area (Å²) >= 11 is 0. The number of nitrogens with one attached hydrogen (secondary N) is 4. The van der Waals surface area contributed by atoms with Crippen LogP contribution in [0.1, 0.15) is 37.7 Å². The fourth-order valence-corrected chi connectivity index (χ4v) is 3.84. The molecule has 12 nitrogen and oxygen atoms in total. The molecule has 0 radical (unpaired) electrons. The molecular formula is C29H36N6O6. The summed E-state index contributed by atoms with van der Waals surface area (Å²) in [4.78, 5) is 59.2. The number of nitrogens with zero attached hydrogens (tertiary/aromatic N) is 2. The number of methoxy groups -OCH3 is 1. The number of aromatic nitrogens is 2. The van der Waals surface area contributed by atoms with Crippen molar-refractivity contribution in [2.75, 3.05) is 7.11 Å². The van der Waals surface area contributed by atoms with Crippen LogP contribution >= 0.6 is 0 Å². The van der Waals surface area contributed by atoms with E-state index >= 15 is 0 Å². The number of hydrazine groups is 1. The molecule has 41 heavy (non-hydrogen) atoms. The summed E-state index contributed by atoms with van der Waals surface area (Å²) in [7, 11) is 1.22. The number of carbonyl (C=O) groups excluding carboxylic acids is 4. The van der Waals surface area contributed by atoms with Crippen molar-refractivity contribution < 1.29 is 28.7 Å². The Morgan fingerprint density at radius 1 is 0.902 bits per heavy atom. The Kier molecular flexibility index (Phi) is 10.8. The zero-order valence-corrected chi connectivity index (χ0v) is 23.5. The predicted molar refractivity (Wildman–Crippen MR) is 150 cm³/mol. The third kappa shape index (κ3) is 10.3. The number of urea groups is 1. The van der Waals surface area contributed by atoms with E-state index in [1.54, 1.807) is 51.2 Å². The molecule has 4 amide bonds. The third-order valence-electron chi connectivity index (χ3n) is 5.71. The largest absolute Gasteiger partial charge is 0.467 e. The maximum absolute atomic E-state index is 13.5. The molecule has 0 saturated carbocycles. The Morgan fingerprint density at radius 3 is 2.10 bits per heavy atom. The minimum absolute atomic E-state index is 0.00509. The molecular weight excluding hydrogens is 528 g/mol. The van der Waals surface area contributed by atoms with Crippen molar-refractivity contribution >= 4 is 24.0 Å². The van der Waals surface area contributed by atoms with Gasteiger partial charge in [0, 0.05) is 25.2 Å². The summed E-state index contributed by atoms with van der Waals surface area (Å²) in [5.41, 5.74) is 3.17. The molecule has 0 spiro atoms. The van der Waals surface area contributed by atoms with Gasteiger partial charge >= 0.3 is 18.1 Å². The van der Waals surface area contributed by atoms with Crippen LogP contribution in [0.3, 0.4) is 0 Å². The number of H-pyrrole nitrogens is 1. The molecule has 218 valence electrons. The zero-order chi connectivity index (χ0) is 29.8. The second kappa shape index (κ2) is 14.5. The summed E-state index contributed by atoms with van der Waals surface area (Å²) in [5, 5.41) is 6.41. The Hall–Kier alpha value is -4.87. The van der Waals surface area contributed by atoms with Gasteiger partial charge in [-0.15, -0.1) is 0 Å². The smallest absolute Gasteiger partial charge is 0.426 e. The number of benzene rings is 2. The van der Waals surface area contributed by atoms with Crippen LogP contribution in [0.5, 0.6) is 0 Å². The maximum Gasteiger partial charge on any atom is 0.426 e. The quantitative estimate of drug-likeness (QED) is 0.218. The highest BCUT2D eigenvalue weighted by Crippen LogP contribution is 2.10. The highest BCUT2D eigenvalue weighted by molar-refractivity contribution is 5.91. The molecule has 12 heteroatoms. The third-order valence-corrected chi connectivity index (χ3v) is 5.71. The van der Waals surface area contributed by atoms with E-state index in [-0.39, 0.29) is 19.4 Å². The lowest BCUT2D eigenvalue weighted by Gasteiger charge is -2.28. The van der Waals surface area contributed by atoms with Crippen molar-refractivity contribution in [1.82, 2.24) is 31.0 Å². The molecule has 0 bridgehead atoms. The van der Waals surface area contributed by atoms with Crippen LogP contribution in [0.25, 0.3) is 0 Å². The normalized spacial score (nSPS) is 12.4. The van der Waals surface area contributed by atoms with Crippen molar-refractivity contribution in [2.45, 2.75) is 57.8 Å². The molecule has 0 unspecified atom stereocenters. The van der Waals surface area contributed by atoms with E-state index in [4.69, 9.17) is 9.47 Å². The first-order valence-corrected chi connectivity index (χ1v) is 13.1. The SMILES string of the molecule is COC(=O)[C@H](Cc1ncc[nH]1)NC(=O)[C@H](Cc1ccccc1)NC(=O)N(Cc1ccccc1)NC(=O)OC(C)(C)C. The van der Waals surface area contributed by atoms with Crippen molar-refractivity contribution in [3.05, 3.63) is 90.0 Å². The topological polar surface area (TPSA) is 155 Å². The van der Waals surface area contributed by atoms with Crippen LogP contribution in [0.4, 0.5) is 9.59 Å². The number of amides is 4. The number of imidazole rings is 1. The minimum Gasteiger partial charge on any atom is -0.467 e. The molecule has 1 heterocycles. The van der Waals surface area contributed by atoms with Gasteiger partial charge in [-0.05, 0) is 31.9 Å². The lowest BCUT2D eigenvalue weighted by molar-refractivity contribution is -0.145. The summed E-state index contributed by atoms with van der Waals surface area (Å²) in [5.74, 6) is -0.821. The fourth-order valence-electron chi connectivity index (χ4n) is 3.84. The van der Waals surface area contributed by atoms with Crippen molar-refractivity contribution in [2.24, 2.45) is 0 Å². The molecule has 2 aromatic carbocycles. The molecule has 0 aliphatic rings. The van der Waals surface area contributed by atoms with Crippen LogP contribution < -0.4 is 16.1 Å². The summed E-state index contributed by atoms with van der Waals surface area (Å²) in [6, 6.07) is 15.2. The average Bonchev–Trinajstić information content (AvgIpc) is 3.44. The van der Waals surface area contributed by atoms with Gasteiger partial charge in [-0.25, -0.2) is 29.8 Å². The van der Waals surface area contributed by atoms with Gasteiger partial charge in [0.1, 0.15) is 23.5 Å². The standard InChI is InChI=1S/C29H36N6O6/c1-29(2,3)41-28(39)34-35(19-21-13-9-6-10-14-21)27(38)33-22(17-20-11-7-5-8-12-20)25(36)32-23(26(37)40-4)18-24-30-15-16-31-24/h5-16,22-23H,17-19H2,1-4H3,(H,30,31)(H,32,36)(H,33,38)(H,34,39)/t22-,23-/m0/s1. The molecule has 1 aromatic heterocycles. The molecule has 0 fully saturated rings. The average molecular weight is 565 g/mol. The Labute approximate surface area is 238 Å².